The number of aliphatic hydroxyl groups excluding tert-OH is 1. The molecule has 1 atom stereocenters. The molecule has 5 nitrogen and oxygen atoms in total. The van der Waals surface area contributed by atoms with Crippen LogP contribution in [-0.2, 0) is 6.54 Å². The van der Waals surface area contributed by atoms with Crippen molar-refractivity contribution >= 4 is 17.1 Å². The molecule has 0 fully saturated rings. The number of benzene rings is 2. The Morgan fingerprint density at radius 3 is 2.84 bits per heavy atom. The normalized spacial score (nSPS) is 12.6. The molecule has 25 heavy (non-hydrogen) atoms. The number of imidazole rings is 1. The minimum Gasteiger partial charge on any atom is -0.493 e. The average Bonchev–Trinajstić information content (AvgIpc) is 3.04. The fourth-order valence-electron chi connectivity index (χ4n) is 2.72. The largest absolute Gasteiger partial charge is 0.493 e. The van der Waals surface area contributed by atoms with Crippen molar-refractivity contribution in [1.29, 1.82) is 0 Å². The molecule has 1 unspecified atom stereocenters. The van der Waals surface area contributed by atoms with Gasteiger partial charge in [-0.1, -0.05) is 30.4 Å². The lowest BCUT2D eigenvalue weighted by atomic mass is 10.2. The smallest absolute Gasteiger partial charge is 0.161 e. The highest BCUT2D eigenvalue weighted by atomic mass is 16.5. The van der Waals surface area contributed by atoms with Crippen LogP contribution < -0.4 is 9.47 Å². The van der Waals surface area contributed by atoms with Gasteiger partial charge in [-0.15, -0.1) is 0 Å². The van der Waals surface area contributed by atoms with E-state index in [9.17, 15) is 5.11 Å². The van der Waals surface area contributed by atoms with Crippen molar-refractivity contribution in [3.8, 4) is 11.5 Å². The number of ether oxygens (including phenoxy) is 2. The van der Waals surface area contributed by atoms with Crippen LogP contribution in [0.2, 0.25) is 0 Å². The van der Waals surface area contributed by atoms with Gasteiger partial charge in [-0.3, -0.25) is 0 Å². The molecule has 3 rings (SSSR count). The summed E-state index contributed by atoms with van der Waals surface area (Å²) in [6.07, 6.45) is 5.04. The van der Waals surface area contributed by atoms with E-state index in [1.165, 1.54) is 0 Å². The maximum absolute atomic E-state index is 10.3. The number of allylic oxidation sites excluding steroid dienone is 1. The summed E-state index contributed by atoms with van der Waals surface area (Å²) in [5.74, 6) is 1.26. The minimum absolute atomic E-state index is 0.172. The zero-order chi connectivity index (χ0) is 17.6. The Morgan fingerprint density at radius 2 is 2.04 bits per heavy atom. The van der Waals surface area contributed by atoms with Crippen LogP contribution in [-0.4, -0.2) is 34.5 Å². The fourth-order valence-corrected chi connectivity index (χ4v) is 2.72. The Hall–Kier alpha value is -2.79. The number of fused-ring (bicyclic) bond motifs is 1. The molecule has 0 radical (unpaired) electrons. The van der Waals surface area contributed by atoms with Gasteiger partial charge in [0.05, 0.1) is 31.0 Å². The van der Waals surface area contributed by atoms with E-state index in [2.05, 4.69) is 4.98 Å². The molecule has 1 heterocycles. The number of para-hydroxylation sites is 2. The SMILES string of the molecule is CC=Cc1ccc(OCC(O)Cn2cnc3ccccc32)c(OC)c1. The topological polar surface area (TPSA) is 56.5 Å². The molecule has 0 spiro atoms. The van der Waals surface area contributed by atoms with Gasteiger partial charge in [0.2, 0.25) is 0 Å². The van der Waals surface area contributed by atoms with Gasteiger partial charge in [0, 0.05) is 0 Å². The van der Waals surface area contributed by atoms with Crippen molar-refractivity contribution in [3.05, 3.63) is 60.4 Å². The molecule has 130 valence electrons. The standard InChI is InChI=1S/C20H22N2O3/c1-3-6-15-9-10-19(20(11-15)24-2)25-13-16(23)12-22-14-21-17-7-4-5-8-18(17)22/h3-11,14,16,23H,12-13H2,1-2H3. The summed E-state index contributed by atoms with van der Waals surface area (Å²) in [7, 11) is 1.61. The Morgan fingerprint density at radius 1 is 1.20 bits per heavy atom. The Kier molecular flexibility index (Phi) is 5.36. The highest BCUT2D eigenvalue weighted by Gasteiger charge is 2.11. The van der Waals surface area contributed by atoms with Gasteiger partial charge in [-0.25, -0.2) is 4.98 Å². The van der Waals surface area contributed by atoms with Crippen molar-refractivity contribution < 1.29 is 14.6 Å². The highest BCUT2D eigenvalue weighted by Crippen LogP contribution is 2.28. The number of rotatable bonds is 7. The van der Waals surface area contributed by atoms with Crippen molar-refractivity contribution in [2.24, 2.45) is 0 Å². The molecular formula is C20H22N2O3. The summed E-state index contributed by atoms with van der Waals surface area (Å²) >= 11 is 0. The molecule has 1 aromatic heterocycles. The van der Waals surface area contributed by atoms with E-state index in [-0.39, 0.29) is 6.61 Å². The monoisotopic (exact) mass is 338 g/mol. The quantitative estimate of drug-likeness (QED) is 0.716. The second-order valence-electron chi connectivity index (χ2n) is 5.76. The van der Waals surface area contributed by atoms with Gasteiger partial charge in [-0.05, 0) is 36.8 Å². The Labute approximate surface area is 147 Å². The van der Waals surface area contributed by atoms with E-state index >= 15 is 0 Å². The van der Waals surface area contributed by atoms with E-state index < -0.39 is 6.10 Å². The molecule has 0 bridgehead atoms. The molecule has 2 aromatic carbocycles. The zero-order valence-corrected chi connectivity index (χ0v) is 14.4. The van der Waals surface area contributed by atoms with Crippen LogP contribution >= 0.6 is 0 Å². The second kappa shape index (κ2) is 7.85. The average molecular weight is 338 g/mol. The summed E-state index contributed by atoms with van der Waals surface area (Å²) in [6.45, 7) is 2.55. The van der Waals surface area contributed by atoms with E-state index in [0.29, 0.717) is 18.0 Å². The predicted molar refractivity (Wildman–Crippen MR) is 98.9 cm³/mol. The van der Waals surface area contributed by atoms with Gasteiger partial charge < -0.3 is 19.1 Å². The summed E-state index contributed by atoms with van der Waals surface area (Å²) in [4.78, 5) is 4.33. The van der Waals surface area contributed by atoms with Gasteiger partial charge in [0.1, 0.15) is 12.7 Å². The second-order valence-corrected chi connectivity index (χ2v) is 5.76. The third-order valence-electron chi connectivity index (χ3n) is 3.91. The minimum atomic E-state index is -0.655. The first-order valence-corrected chi connectivity index (χ1v) is 8.22. The van der Waals surface area contributed by atoms with Crippen molar-refractivity contribution in [1.82, 2.24) is 9.55 Å². The third kappa shape index (κ3) is 4.00. The maximum Gasteiger partial charge on any atom is 0.161 e. The van der Waals surface area contributed by atoms with Crippen LogP contribution in [0, 0.1) is 0 Å². The summed E-state index contributed by atoms with van der Waals surface area (Å²) in [5.41, 5.74) is 2.95. The van der Waals surface area contributed by atoms with Crippen molar-refractivity contribution in [3.63, 3.8) is 0 Å². The summed E-state index contributed by atoms with van der Waals surface area (Å²) in [5, 5.41) is 10.3. The van der Waals surface area contributed by atoms with E-state index in [1.54, 1.807) is 13.4 Å². The number of hydrogen-bond acceptors (Lipinski definition) is 4. The van der Waals surface area contributed by atoms with Crippen LogP contribution in [0.5, 0.6) is 11.5 Å². The lowest BCUT2D eigenvalue weighted by Gasteiger charge is -2.15. The number of hydrogen-bond donors (Lipinski definition) is 1. The van der Waals surface area contributed by atoms with E-state index in [4.69, 9.17) is 9.47 Å². The molecular weight excluding hydrogens is 316 g/mol. The number of nitrogens with zero attached hydrogens (tertiary/aromatic N) is 2. The zero-order valence-electron chi connectivity index (χ0n) is 14.4. The van der Waals surface area contributed by atoms with Crippen LogP contribution in [0.4, 0.5) is 0 Å². The Balaban J connectivity index is 1.65. The van der Waals surface area contributed by atoms with Gasteiger partial charge >= 0.3 is 0 Å². The van der Waals surface area contributed by atoms with Crippen LogP contribution in [0.3, 0.4) is 0 Å². The number of aromatic nitrogens is 2. The molecule has 1 N–H and O–H groups in total. The molecule has 3 aromatic rings. The molecule has 0 amide bonds. The molecule has 5 heteroatoms. The van der Waals surface area contributed by atoms with Crippen LogP contribution in [0.15, 0.2) is 54.9 Å². The third-order valence-corrected chi connectivity index (χ3v) is 3.91. The van der Waals surface area contributed by atoms with Gasteiger partial charge in [-0.2, -0.15) is 0 Å². The van der Waals surface area contributed by atoms with Crippen LogP contribution in [0.1, 0.15) is 12.5 Å². The molecule has 0 aliphatic rings. The first-order valence-electron chi connectivity index (χ1n) is 8.22. The van der Waals surface area contributed by atoms with Crippen LogP contribution in [0.25, 0.3) is 17.1 Å². The lowest BCUT2D eigenvalue weighted by Crippen LogP contribution is -2.23. The van der Waals surface area contributed by atoms with Crippen molar-refractivity contribution in [2.45, 2.75) is 19.6 Å². The molecule has 0 aliphatic heterocycles. The molecule has 0 saturated carbocycles. The predicted octanol–water partition coefficient (Wildman–Crippen LogP) is 3.52. The first-order chi connectivity index (χ1) is 12.2. The summed E-state index contributed by atoms with van der Waals surface area (Å²) in [6, 6.07) is 13.6. The number of aliphatic hydroxyl groups is 1. The maximum atomic E-state index is 10.3. The van der Waals surface area contributed by atoms with E-state index in [0.717, 1.165) is 16.6 Å². The van der Waals surface area contributed by atoms with Gasteiger partial charge in [0.25, 0.3) is 0 Å². The highest BCUT2D eigenvalue weighted by molar-refractivity contribution is 5.74. The molecule has 0 aliphatic carbocycles. The Bertz CT molecular complexity index is 870. The lowest BCUT2D eigenvalue weighted by molar-refractivity contribution is 0.0919. The van der Waals surface area contributed by atoms with Gasteiger partial charge in [0.15, 0.2) is 11.5 Å². The summed E-state index contributed by atoms with van der Waals surface area (Å²) < 4.78 is 13.0. The van der Waals surface area contributed by atoms with E-state index in [1.807, 2.05) is 66.1 Å². The number of methoxy groups -OCH3 is 1. The molecule has 0 saturated heterocycles. The first kappa shape index (κ1) is 17.0. The van der Waals surface area contributed by atoms with Crippen molar-refractivity contribution in [2.75, 3.05) is 13.7 Å². The fraction of sp³-hybridized carbons (Fsp3) is 0.250.